The van der Waals surface area contributed by atoms with Crippen molar-refractivity contribution in [2.75, 3.05) is 13.2 Å². The van der Waals surface area contributed by atoms with E-state index < -0.39 is 12.1 Å². The smallest absolute Gasteiger partial charge is 0.338 e. The molecule has 5 heteroatoms. The molecule has 0 fully saturated rings. The fraction of sp³-hybridized carbons (Fsp3) is 0.300. The Hall–Kier alpha value is -2.82. The molecule has 130 valence electrons. The van der Waals surface area contributed by atoms with Gasteiger partial charge in [0.2, 0.25) is 5.78 Å². The van der Waals surface area contributed by atoms with Gasteiger partial charge < -0.3 is 14.2 Å². The van der Waals surface area contributed by atoms with Gasteiger partial charge in [-0.3, -0.25) is 4.79 Å². The Labute approximate surface area is 146 Å². The third-order valence-electron chi connectivity index (χ3n) is 3.97. The molecule has 2 aromatic carbocycles. The Bertz CT molecular complexity index is 779. The van der Waals surface area contributed by atoms with Crippen molar-refractivity contribution in [3.63, 3.8) is 0 Å². The Morgan fingerprint density at radius 1 is 0.960 bits per heavy atom. The number of benzene rings is 2. The number of ketones is 1. The number of rotatable bonds is 4. The Balaban J connectivity index is 1.70. The molecule has 1 aliphatic heterocycles. The molecular formula is C20H20O5. The number of hydrogen-bond donors (Lipinski definition) is 0. The highest BCUT2D eigenvalue weighted by molar-refractivity contribution is 6.01. The van der Waals surface area contributed by atoms with E-state index in [1.165, 1.54) is 0 Å². The van der Waals surface area contributed by atoms with Crippen LogP contribution in [0.4, 0.5) is 0 Å². The van der Waals surface area contributed by atoms with E-state index in [-0.39, 0.29) is 5.78 Å². The summed E-state index contributed by atoms with van der Waals surface area (Å²) in [4.78, 5) is 24.7. The van der Waals surface area contributed by atoms with Crippen LogP contribution in [0.2, 0.25) is 0 Å². The molecule has 1 heterocycles. The van der Waals surface area contributed by atoms with Crippen LogP contribution < -0.4 is 9.47 Å². The quantitative estimate of drug-likeness (QED) is 0.629. The number of carbonyl (C=O) groups is 2. The standard InChI is InChI=1S/C20H20O5/c1-13-4-6-15(7-5-13)19(21)14(2)25-20(22)16-8-9-17-18(12-16)24-11-3-10-23-17/h4-9,12,14H,3,10-11H2,1-2H3. The molecule has 1 aliphatic rings. The molecule has 1 atom stereocenters. The van der Waals surface area contributed by atoms with Crippen molar-refractivity contribution in [3.8, 4) is 11.5 Å². The van der Waals surface area contributed by atoms with Crippen LogP contribution in [-0.2, 0) is 4.74 Å². The van der Waals surface area contributed by atoms with E-state index in [1.54, 1.807) is 37.3 Å². The van der Waals surface area contributed by atoms with Crippen LogP contribution in [0, 0.1) is 6.92 Å². The van der Waals surface area contributed by atoms with Gasteiger partial charge >= 0.3 is 5.97 Å². The van der Waals surface area contributed by atoms with Crippen molar-refractivity contribution in [3.05, 3.63) is 59.2 Å². The molecule has 0 spiro atoms. The Kier molecular flexibility index (Phi) is 5.03. The summed E-state index contributed by atoms with van der Waals surface area (Å²) in [5.74, 6) is 0.327. The van der Waals surface area contributed by atoms with Crippen molar-refractivity contribution in [1.82, 2.24) is 0 Å². The molecule has 3 rings (SSSR count). The number of Topliss-reactive ketones (excluding diaryl/α,β-unsaturated/α-hetero) is 1. The molecule has 0 N–H and O–H groups in total. The highest BCUT2D eigenvalue weighted by Crippen LogP contribution is 2.30. The lowest BCUT2D eigenvalue weighted by Gasteiger charge is -2.14. The predicted octanol–water partition coefficient (Wildman–Crippen LogP) is 3.58. The summed E-state index contributed by atoms with van der Waals surface area (Å²) in [7, 11) is 0. The van der Waals surface area contributed by atoms with Crippen molar-refractivity contribution in [2.45, 2.75) is 26.4 Å². The Morgan fingerprint density at radius 2 is 1.60 bits per heavy atom. The fourth-order valence-corrected chi connectivity index (χ4v) is 2.52. The minimum Gasteiger partial charge on any atom is -0.490 e. The maximum Gasteiger partial charge on any atom is 0.338 e. The Morgan fingerprint density at radius 3 is 2.32 bits per heavy atom. The normalized spacial score (nSPS) is 14.3. The van der Waals surface area contributed by atoms with Gasteiger partial charge in [-0.05, 0) is 32.0 Å². The molecule has 0 amide bonds. The molecule has 0 saturated carbocycles. The van der Waals surface area contributed by atoms with Gasteiger partial charge in [-0.25, -0.2) is 4.79 Å². The van der Waals surface area contributed by atoms with Crippen LogP contribution in [0.5, 0.6) is 11.5 Å². The number of hydrogen-bond acceptors (Lipinski definition) is 5. The van der Waals surface area contributed by atoms with Crippen LogP contribution >= 0.6 is 0 Å². The van der Waals surface area contributed by atoms with E-state index >= 15 is 0 Å². The number of esters is 1. The van der Waals surface area contributed by atoms with E-state index in [0.717, 1.165) is 12.0 Å². The topological polar surface area (TPSA) is 61.8 Å². The van der Waals surface area contributed by atoms with Crippen LogP contribution in [0.15, 0.2) is 42.5 Å². The van der Waals surface area contributed by atoms with Crippen molar-refractivity contribution in [2.24, 2.45) is 0 Å². The monoisotopic (exact) mass is 340 g/mol. The van der Waals surface area contributed by atoms with E-state index in [2.05, 4.69) is 0 Å². The van der Waals surface area contributed by atoms with Gasteiger partial charge in [0, 0.05) is 12.0 Å². The summed E-state index contributed by atoms with van der Waals surface area (Å²) in [5.41, 5.74) is 1.91. The molecule has 0 saturated heterocycles. The minimum absolute atomic E-state index is 0.234. The van der Waals surface area contributed by atoms with E-state index in [9.17, 15) is 9.59 Å². The number of carbonyl (C=O) groups excluding carboxylic acids is 2. The molecule has 0 radical (unpaired) electrons. The number of aryl methyl sites for hydroxylation is 1. The lowest BCUT2D eigenvalue weighted by molar-refractivity contribution is 0.0318. The lowest BCUT2D eigenvalue weighted by Crippen LogP contribution is -2.24. The highest BCUT2D eigenvalue weighted by Gasteiger charge is 2.21. The van der Waals surface area contributed by atoms with Crippen LogP contribution in [-0.4, -0.2) is 31.1 Å². The van der Waals surface area contributed by atoms with Gasteiger partial charge in [0.25, 0.3) is 0 Å². The maximum atomic E-state index is 12.4. The summed E-state index contributed by atoms with van der Waals surface area (Å²) >= 11 is 0. The molecule has 2 aromatic rings. The molecular weight excluding hydrogens is 320 g/mol. The molecule has 1 unspecified atom stereocenters. The third kappa shape index (κ3) is 3.99. The summed E-state index contributed by atoms with van der Waals surface area (Å²) in [5, 5.41) is 0. The van der Waals surface area contributed by atoms with Crippen molar-refractivity contribution in [1.29, 1.82) is 0 Å². The molecule has 5 nitrogen and oxygen atoms in total. The van der Waals surface area contributed by atoms with E-state index in [1.807, 2.05) is 19.1 Å². The summed E-state index contributed by atoms with van der Waals surface area (Å²) in [6.07, 6.45) is -0.0810. The average molecular weight is 340 g/mol. The molecule has 25 heavy (non-hydrogen) atoms. The van der Waals surface area contributed by atoms with Crippen LogP contribution in [0.1, 0.15) is 39.6 Å². The van der Waals surface area contributed by atoms with Gasteiger partial charge in [0.1, 0.15) is 0 Å². The van der Waals surface area contributed by atoms with Gasteiger partial charge in [0.15, 0.2) is 17.6 Å². The highest BCUT2D eigenvalue weighted by atomic mass is 16.5. The number of fused-ring (bicyclic) bond motifs is 1. The van der Waals surface area contributed by atoms with Crippen molar-refractivity contribution < 1.29 is 23.8 Å². The first-order valence-corrected chi connectivity index (χ1v) is 8.26. The van der Waals surface area contributed by atoms with Crippen LogP contribution in [0.25, 0.3) is 0 Å². The first-order chi connectivity index (χ1) is 12.0. The van der Waals surface area contributed by atoms with Gasteiger partial charge in [-0.1, -0.05) is 29.8 Å². The van der Waals surface area contributed by atoms with Gasteiger partial charge in [-0.2, -0.15) is 0 Å². The molecule has 0 aromatic heterocycles. The average Bonchev–Trinajstić information content (AvgIpc) is 2.86. The molecule has 0 aliphatic carbocycles. The summed E-state index contributed by atoms with van der Waals surface area (Å²) in [6, 6.07) is 12.1. The predicted molar refractivity (Wildman–Crippen MR) is 92.4 cm³/mol. The third-order valence-corrected chi connectivity index (χ3v) is 3.97. The second-order valence-electron chi connectivity index (χ2n) is 5.99. The second-order valence-corrected chi connectivity index (χ2v) is 5.99. The van der Waals surface area contributed by atoms with Gasteiger partial charge in [-0.15, -0.1) is 0 Å². The first kappa shape index (κ1) is 17.0. The lowest BCUT2D eigenvalue weighted by atomic mass is 10.1. The largest absolute Gasteiger partial charge is 0.490 e. The zero-order chi connectivity index (χ0) is 17.8. The zero-order valence-electron chi connectivity index (χ0n) is 14.3. The SMILES string of the molecule is Cc1ccc(C(=O)C(C)OC(=O)c2ccc3c(c2)OCCCO3)cc1. The zero-order valence-corrected chi connectivity index (χ0v) is 14.3. The fourth-order valence-electron chi connectivity index (χ4n) is 2.52. The van der Waals surface area contributed by atoms with E-state index in [4.69, 9.17) is 14.2 Å². The van der Waals surface area contributed by atoms with Crippen LogP contribution in [0.3, 0.4) is 0 Å². The summed E-state index contributed by atoms with van der Waals surface area (Å²) < 4.78 is 16.4. The first-order valence-electron chi connectivity index (χ1n) is 8.26. The maximum absolute atomic E-state index is 12.4. The molecule has 0 bridgehead atoms. The number of ether oxygens (including phenoxy) is 3. The summed E-state index contributed by atoms with van der Waals surface area (Å²) in [6.45, 7) is 4.64. The van der Waals surface area contributed by atoms with E-state index in [0.29, 0.717) is 35.8 Å². The minimum atomic E-state index is -0.869. The second kappa shape index (κ2) is 7.38. The van der Waals surface area contributed by atoms with Crippen molar-refractivity contribution >= 4 is 11.8 Å². The van der Waals surface area contributed by atoms with Gasteiger partial charge in [0.05, 0.1) is 18.8 Å².